The average Bonchev–Trinajstić information content (AvgIpc) is 2.15. The Labute approximate surface area is 66.1 Å². The van der Waals surface area contributed by atoms with Gasteiger partial charge in [0, 0.05) is 4.47 Å². The van der Waals surface area contributed by atoms with E-state index in [9.17, 15) is 0 Å². The highest BCUT2D eigenvalue weighted by Gasteiger charge is 2.02. The maximum Gasteiger partial charge on any atom is 0.119 e. The Morgan fingerprint density at radius 3 is 2.67 bits per heavy atom. The molecule has 0 unspecified atom stereocenters. The normalized spacial score (nSPS) is 9.00. The van der Waals surface area contributed by atoms with Gasteiger partial charge in [-0.25, -0.2) is 0 Å². The van der Waals surface area contributed by atoms with Crippen LogP contribution in [-0.4, -0.2) is 0 Å². The van der Waals surface area contributed by atoms with Gasteiger partial charge in [-0.2, -0.15) is 5.26 Å². The van der Waals surface area contributed by atoms with Crippen molar-refractivity contribution in [3.63, 3.8) is 0 Å². The van der Waals surface area contributed by atoms with E-state index in [1.807, 2.05) is 12.3 Å². The molecule has 0 spiro atoms. The van der Waals surface area contributed by atoms with Crippen LogP contribution >= 0.6 is 27.3 Å². The predicted molar refractivity (Wildman–Crippen MR) is 41.5 cm³/mol. The van der Waals surface area contributed by atoms with Crippen molar-refractivity contribution in [2.75, 3.05) is 0 Å². The third-order valence-electron chi connectivity index (χ3n) is 1.00. The lowest BCUT2D eigenvalue weighted by molar-refractivity contribution is 1.47. The van der Waals surface area contributed by atoms with Gasteiger partial charge in [0.25, 0.3) is 0 Å². The van der Waals surface area contributed by atoms with E-state index in [1.54, 1.807) is 0 Å². The van der Waals surface area contributed by atoms with E-state index in [2.05, 4.69) is 22.0 Å². The summed E-state index contributed by atoms with van der Waals surface area (Å²) in [6, 6.07) is 2.09. The van der Waals surface area contributed by atoms with E-state index in [1.165, 1.54) is 11.3 Å². The second-order valence-corrected chi connectivity index (χ2v) is 3.35. The highest BCUT2D eigenvalue weighted by atomic mass is 79.9. The Hall–Kier alpha value is -0.330. The van der Waals surface area contributed by atoms with Gasteiger partial charge < -0.3 is 0 Å². The van der Waals surface area contributed by atoms with E-state index in [0.717, 1.165) is 14.9 Å². The molecule has 1 aromatic rings. The van der Waals surface area contributed by atoms with Crippen LogP contribution in [-0.2, 0) is 0 Å². The zero-order valence-electron chi connectivity index (χ0n) is 4.81. The summed E-state index contributed by atoms with van der Waals surface area (Å²) in [5.41, 5.74) is 1.14. The van der Waals surface area contributed by atoms with Gasteiger partial charge in [-0.3, -0.25) is 0 Å². The number of hydrogen-bond donors (Lipinski definition) is 0. The smallest absolute Gasteiger partial charge is 0.119 e. The summed E-state index contributed by atoms with van der Waals surface area (Å²) in [7, 11) is 0. The zero-order chi connectivity index (χ0) is 6.85. The Bertz CT molecular complexity index is 259. The van der Waals surface area contributed by atoms with Crippen molar-refractivity contribution in [1.29, 1.82) is 5.26 Å². The van der Waals surface area contributed by atoms with E-state index < -0.39 is 0 Å². The molecule has 1 nitrogen and oxygen atoms in total. The molecule has 1 aromatic heterocycles. The molecule has 0 aliphatic rings. The van der Waals surface area contributed by atoms with Crippen molar-refractivity contribution in [2.24, 2.45) is 0 Å². The van der Waals surface area contributed by atoms with E-state index in [-0.39, 0.29) is 0 Å². The van der Waals surface area contributed by atoms with Gasteiger partial charge in [-0.05, 0) is 33.8 Å². The molecule has 0 N–H and O–H groups in total. The van der Waals surface area contributed by atoms with Crippen molar-refractivity contribution in [1.82, 2.24) is 0 Å². The van der Waals surface area contributed by atoms with Gasteiger partial charge in [-0.15, -0.1) is 11.3 Å². The first-order valence-electron chi connectivity index (χ1n) is 2.39. The molecule has 0 amide bonds. The van der Waals surface area contributed by atoms with Crippen LogP contribution in [0.5, 0.6) is 0 Å². The summed E-state index contributed by atoms with van der Waals surface area (Å²) in [6.07, 6.45) is 0. The Morgan fingerprint density at radius 2 is 2.44 bits per heavy atom. The molecule has 46 valence electrons. The summed E-state index contributed by atoms with van der Waals surface area (Å²) in [5, 5.41) is 10.4. The predicted octanol–water partition coefficient (Wildman–Crippen LogP) is 2.69. The maximum absolute atomic E-state index is 8.46. The third kappa shape index (κ3) is 1.15. The lowest BCUT2D eigenvalue weighted by Gasteiger charge is -1.81. The number of nitriles is 1. The summed E-state index contributed by atoms with van der Waals surface area (Å²) < 4.78 is 0.940. The Morgan fingerprint density at radius 1 is 1.78 bits per heavy atom. The van der Waals surface area contributed by atoms with Gasteiger partial charge in [0.1, 0.15) is 10.9 Å². The lowest BCUT2D eigenvalue weighted by Crippen LogP contribution is -1.65. The van der Waals surface area contributed by atoms with Crippen LogP contribution in [0.2, 0.25) is 0 Å². The molecule has 1 heterocycles. The SMILES string of the molecule is Cc1csc(C#N)c1Br. The minimum Gasteiger partial charge on any atom is -0.191 e. The van der Waals surface area contributed by atoms with Crippen LogP contribution < -0.4 is 0 Å². The molecule has 0 bridgehead atoms. The van der Waals surface area contributed by atoms with Crippen LogP contribution in [0.4, 0.5) is 0 Å². The van der Waals surface area contributed by atoms with Gasteiger partial charge >= 0.3 is 0 Å². The van der Waals surface area contributed by atoms with E-state index in [0.29, 0.717) is 0 Å². The molecule has 0 fully saturated rings. The van der Waals surface area contributed by atoms with Crippen molar-refractivity contribution in [3.8, 4) is 6.07 Å². The number of aryl methyl sites for hydroxylation is 1. The van der Waals surface area contributed by atoms with Gasteiger partial charge in [0.05, 0.1) is 0 Å². The first kappa shape index (κ1) is 6.79. The van der Waals surface area contributed by atoms with Crippen molar-refractivity contribution >= 4 is 27.3 Å². The number of halogens is 1. The fourth-order valence-corrected chi connectivity index (χ4v) is 1.87. The average molecular weight is 202 g/mol. The topological polar surface area (TPSA) is 23.8 Å². The van der Waals surface area contributed by atoms with E-state index in [4.69, 9.17) is 5.26 Å². The summed E-state index contributed by atoms with van der Waals surface area (Å²) in [4.78, 5) is 0.757. The van der Waals surface area contributed by atoms with Crippen LogP contribution in [0.1, 0.15) is 10.4 Å². The number of rotatable bonds is 0. The molecule has 0 atom stereocenters. The molecule has 0 aromatic carbocycles. The molecule has 9 heavy (non-hydrogen) atoms. The minimum absolute atomic E-state index is 0.757. The largest absolute Gasteiger partial charge is 0.191 e. The summed E-state index contributed by atoms with van der Waals surface area (Å²) in [5.74, 6) is 0. The first-order valence-corrected chi connectivity index (χ1v) is 4.06. The monoisotopic (exact) mass is 201 g/mol. The fraction of sp³-hybridized carbons (Fsp3) is 0.167. The van der Waals surface area contributed by atoms with Crippen molar-refractivity contribution < 1.29 is 0 Å². The number of hydrogen-bond acceptors (Lipinski definition) is 2. The standard InChI is InChI=1S/C6H4BrNS/c1-4-3-9-5(2-8)6(4)7/h3H,1H3. The van der Waals surface area contributed by atoms with Crippen LogP contribution in [0.25, 0.3) is 0 Å². The van der Waals surface area contributed by atoms with Crippen molar-refractivity contribution in [2.45, 2.75) is 6.92 Å². The molecule has 1 rings (SSSR count). The molecular formula is C6H4BrNS. The first-order chi connectivity index (χ1) is 4.25. The van der Waals surface area contributed by atoms with E-state index >= 15 is 0 Å². The molecule has 0 saturated carbocycles. The summed E-state index contributed by atoms with van der Waals surface area (Å²) in [6.45, 7) is 1.97. The fourth-order valence-electron chi connectivity index (χ4n) is 0.505. The molecular weight excluding hydrogens is 198 g/mol. The van der Waals surface area contributed by atoms with Crippen LogP contribution in [0.3, 0.4) is 0 Å². The second kappa shape index (κ2) is 2.51. The Kier molecular flexibility index (Phi) is 1.89. The number of nitrogens with zero attached hydrogens (tertiary/aromatic N) is 1. The van der Waals surface area contributed by atoms with Crippen LogP contribution in [0.15, 0.2) is 9.85 Å². The van der Waals surface area contributed by atoms with Crippen molar-refractivity contribution in [3.05, 3.63) is 20.3 Å². The minimum atomic E-state index is 0.757. The molecule has 0 radical (unpaired) electrons. The molecule has 0 aliphatic carbocycles. The number of thiophene rings is 1. The maximum atomic E-state index is 8.46. The van der Waals surface area contributed by atoms with Gasteiger partial charge in [0.2, 0.25) is 0 Å². The summed E-state index contributed by atoms with van der Waals surface area (Å²) >= 11 is 4.77. The molecule has 0 saturated heterocycles. The molecule has 0 aliphatic heterocycles. The van der Waals surface area contributed by atoms with Crippen LogP contribution in [0, 0.1) is 18.3 Å². The highest BCUT2D eigenvalue weighted by Crippen LogP contribution is 2.26. The zero-order valence-corrected chi connectivity index (χ0v) is 7.21. The highest BCUT2D eigenvalue weighted by molar-refractivity contribution is 9.10. The molecule has 3 heteroatoms. The Balaban J connectivity index is 3.24. The van der Waals surface area contributed by atoms with Gasteiger partial charge in [-0.1, -0.05) is 0 Å². The lowest BCUT2D eigenvalue weighted by atomic mass is 10.3. The van der Waals surface area contributed by atoms with Gasteiger partial charge in [0.15, 0.2) is 0 Å². The quantitative estimate of drug-likeness (QED) is 0.634. The third-order valence-corrected chi connectivity index (χ3v) is 3.29. The second-order valence-electron chi connectivity index (χ2n) is 1.67.